The molecule has 2 N–H and O–H groups in total. The number of hydrogen-bond acceptors (Lipinski definition) is 5. The molecule has 128 valence electrons. The fourth-order valence-corrected chi connectivity index (χ4v) is 2.91. The summed E-state index contributed by atoms with van der Waals surface area (Å²) >= 11 is 0. The summed E-state index contributed by atoms with van der Waals surface area (Å²) in [6.45, 7) is 6.24. The van der Waals surface area contributed by atoms with Gasteiger partial charge in [0.1, 0.15) is 11.6 Å². The van der Waals surface area contributed by atoms with Crippen LogP contribution in [0.3, 0.4) is 0 Å². The fraction of sp³-hybridized carbons (Fsp3) is 0.474. The third kappa shape index (κ3) is 3.67. The SMILES string of the molecule is COc1ccc(-c2nc(C(C)C)cc(N3CCC(N)CC3)n2)cc1. The van der Waals surface area contributed by atoms with E-state index in [2.05, 4.69) is 24.8 Å². The van der Waals surface area contributed by atoms with Crippen molar-refractivity contribution in [2.24, 2.45) is 5.73 Å². The molecule has 0 atom stereocenters. The second-order valence-electron chi connectivity index (χ2n) is 6.68. The number of benzene rings is 1. The zero-order valence-corrected chi connectivity index (χ0v) is 14.7. The quantitative estimate of drug-likeness (QED) is 0.934. The van der Waals surface area contributed by atoms with Crippen LogP contribution in [0.2, 0.25) is 0 Å². The van der Waals surface area contributed by atoms with Gasteiger partial charge in [0.05, 0.1) is 7.11 Å². The maximum atomic E-state index is 6.03. The lowest BCUT2D eigenvalue weighted by molar-refractivity contribution is 0.415. The molecule has 0 saturated carbocycles. The Kier molecular flexibility index (Phi) is 5.00. The summed E-state index contributed by atoms with van der Waals surface area (Å²) in [4.78, 5) is 11.9. The average molecular weight is 326 g/mol. The van der Waals surface area contributed by atoms with Crippen LogP contribution in [0.1, 0.15) is 38.3 Å². The van der Waals surface area contributed by atoms with E-state index in [9.17, 15) is 0 Å². The zero-order chi connectivity index (χ0) is 17.1. The number of rotatable bonds is 4. The van der Waals surface area contributed by atoms with E-state index in [0.717, 1.165) is 54.6 Å². The van der Waals surface area contributed by atoms with Gasteiger partial charge in [0.2, 0.25) is 0 Å². The minimum atomic E-state index is 0.314. The van der Waals surface area contributed by atoms with E-state index in [1.807, 2.05) is 24.3 Å². The Morgan fingerprint density at radius 1 is 1.12 bits per heavy atom. The molecule has 1 aromatic heterocycles. The molecule has 0 bridgehead atoms. The van der Waals surface area contributed by atoms with Crippen LogP contribution in [0.5, 0.6) is 5.75 Å². The first-order valence-electron chi connectivity index (χ1n) is 8.60. The summed E-state index contributed by atoms with van der Waals surface area (Å²) in [6.07, 6.45) is 2.03. The Hall–Kier alpha value is -2.14. The topological polar surface area (TPSA) is 64.3 Å². The van der Waals surface area contributed by atoms with E-state index < -0.39 is 0 Å². The Labute approximate surface area is 143 Å². The Morgan fingerprint density at radius 2 is 1.79 bits per heavy atom. The first-order valence-corrected chi connectivity index (χ1v) is 8.60. The van der Waals surface area contributed by atoms with Crippen LogP contribution in [0.25, 0.3) is 11.4 Å². The smallest absolute Gasteiger partial charge is 0.161 e. The maximum absolute atomic E-state index is 6.03. The number of methoxy groups -OCH3 is 1. The molecular formula is C19H26N4O. The monoisotopic (exact) mass is 326 g/mol. The van der Waals surface area contributed by atoms with E-state index in [4.69, 9.17) is 20.4 Å². The van der Waals surface area contributed by atoms with Gasteiger partial charge in [-0.2, -0.15) is 0 Å². The van der Waals surface area contributed by atoms with Crippen LogP contribution in [-0.4, -0.2) is 36.2 Å². The lowest BCUT2D eigenvalue weighted by Crippen LogP contribution is -2.40. The molecule has 0 spiro atoms. The number of hydrogen-bond donors (Lipinski definition) is 1. The van der Waals surface area contributed by atoms with Gasteiger partial charge in [0.15, 0.2) is 5.82 Å². The molecule has 0 radical (unpaired) electrons. The molecule has 5 heteroatoms. The Balaban J connectivity index is 1.96. The number of anilines is 1. The normalized spacial score (nSPS) is 15.8. The van der Waals surface area contributed by atoms with Crippen LogP contribution in [0.4, 0.5) is 5.82 Å². The summed E-state index contributed by atoms with van der Waals surface area (Å²) in [5.74, 6) is 2.97. The van der Waals surface area contributed by atoms with E-state index in [0.29, 0.717) is 12.0 Å². The molecular weight excluding hydrogens is 300 g/mol. The first-order chi connectivity index (χ1) is 11.6. The standard InChI is InChI=1S/C19H26N4O/c1-13(2)17-12-18(23-10-8-15(20)9-11-23)22-19(21-17)14-4-6-16(24-3)7-5-14/h4-7,12-13,15H,8-11,20H2,1-3H3. The van der Waals surface area contributed by atoms with Crippen molar-refractivity contribution in [1.82, 2.24) is 9.97 Å². The van der Waals surface area contributed by atoms with Crippen LogP contribution in [-0.2, 0) is 0 Å². The van der Waals surface area contributed by atoms with Crippen LogP contribution in [0.15, 0.2) is 30.3 Å². The van der Waals surface area contributed by atoms with Crippen molar-refractivity contribution >= 4 is 5.82 Å². The van der Waals surface area contributed by atoms with E-state index in [-0.39, 0.29) is 0 Å². The molecule has 2 heterocycles. The lowest BCUT2D eigenvalue weighted by Gasteiger charge is -2.31. The minimum Gasteiger partial charge on any atom is -0.497 e. The number of piperidine rings is 1. The molecule has 24 heavy (non-hydrogen) atoms. The van der Waals surface area contributed by atoms with Crippen LogP contribution >= 0.6 is 0 Å². The van der Waals surface area contributed by atoms with Gasteiger partial charge in [0.25, 0.3) is 0 Å². The molecule has 2 aromatic rings. The summed E-state index contributed by atoms with van der Waals surface area (Å²) < 4.78 is 5.24. The number of aromatic nitrogens is 2. The first kappa shape index (κ1) is 16.7. The third-order valence-electron chi connectivity index (χ3n) is 4.54. The molecule has 1 saturated heterocycles. The molecule has 0 unspecified atom stereocenters. The molecule has 1 aromatic carbocycles. The summed E-state index contributed by atoms with van der Waals surface area (Å²) in [5.41, 5.74) is 8.11. The third-order valence-corrected chi connectivity index (χ3v) is 4.54. The predicted molar refractivity (Wildman–Crippen MR) is 97.5 cm³/mol. The summed E-state index contributed by atoms with van der Waals surface area (Å²) in [7, 11) is 1.67. The molecule has 0 aliphatic carbocycles. The predicted octanol–water partition coefficient (Wildman–Crippen LogP) is 3.20. The van der Waals surface area contributed by atoms with Gasteiger partial charge in [-0.25, -0.2) is 9.97 Å². The Bertz CT molecular complexity index is 676. The van der Waals surface area contributed by atoms with Gasteiger partial charge < -0.3 is 15.4 Å². The highest BCUT2D eigenvalue weighted by atomic mass is 16.5. The second kappa shape index (κ2) is 7.18. The van der Waals surface area contributed by atoms with E-state index in [1.54, 1.807) is 7.11 Å². The zero-order valence-electron chi connectivity index (χ0n) is 14.7. The van der Waals surface area contributed by atoms with E-state index >= 15 is 0 Å². The van der Waals surface area contributed by atoms with Crippen molar-refractivity contribution in [1.29, 1.82) is 0 Å². The summed E-state index contributed by atoms with van der Waals surface area (Å²) in [5, 5.41) is 0. The van der Waals surface area contributed by atoms with Crippen molar-refractivity contribution in [3.05, 3.63) is 36.0 Å². The highest BCUT2D eigenvalue weighted by Crippen LogP contribution is 2.26. The van der Waals surface area contributed by atoms with Gasteiger partial charge in [-0.15, -0.1) is 0 Å². The van der Waals surface area contributed by atoms with Gasteiger partial charge >= 0.3 is 0 Å². The molecule has 0 amide bonds. The molecule has 1 aliphatic heterocycles. The average Bonchev–Trinajstić information content (AvgIpc) is 2.62. The van der Waals surface area contributed by atoms with Gasteiger partial charge in [0, 0.05) is 36.5 Å². The van der Waals surface area contributed by atoms with E-state index in [1.165, 1.54) is 0 Å². The molecule has 5 nitrogen and oxygen atoms in total. The van der Waals surface area contributed by atoms with Gasteiger partial charge in [-0.3, -0.25) is 0 Å². The number of ether oxygens (including phenoxy) is 1. The highest BCUT2D eigenvalue weighted by Gasteiger charge is 2.19. The molecule has 1 fully saturated rings. The van der Waals surface area contributed by atoms with Crippen LogP contribution < -0.4 is 15.4 Å². The van der Waals surface area contributed by atoms with Crippen molar-refractivity contribution in [2.75, 3.05) is 25.1 Å². The lowest BCUT2D eigenvalue weighted by atomic mass is 10.1. The highest BCUT2D eigenvalue weighted by molar-refractivity contribution is 5.59. The van der Waals surface area contributed by atoms with Crippen molar-refractivity contribution in [3.63, 3.8) is 0 Å². The van der Waals surface area contributed by atoms with Gasteiger partial charge in [-0.05, 0) is 43.0 Å². The molecule has 1 aliphatic rings. The molecule has 3 rings (SSSR count). The fourth-order valence-electron chi connectivity index (χ4n) is 2.91. The minimum absolute atomic E-state index is 0.314. The summed E-state index contributed by atoms with van der Waals surface area (Å²) in [6, 6.07) is 10.3. The Morgan fingerprint density at radius 3 is 2.38 bits per heavy atom. The largest absolute Gasteiger partial charge is 0.497 e. The van der Waals surface area contributed by atoms with Gasteiger partial charge in [-0.1, -0.05) is 13.8 Å². The van der Waals surface area contributed by atoms with Crippen molar-refractivity contribution in [2.45, 2.75) is 38.6 Å². The van der Waals surface area contributed by atoms with Crippen LogP contribution in [0, 0.1) is 0 Å². The second-order valence-corrected chi connectivity index (χ2v) is 6.68. The number of nitrogens with two attached hydrogens (primary N) is 1. The number of nitrogens with zero attached hydrogens (tertiary/aromatic N) is 3. The maximum Gasteiger partial charge on any atom is 0.161 e. The van der Waals surface area contributed by atoms with Crippen molar-refractivity contribution < 1.29 is 4.74 Å². The van der Waals surface area contributed by atoms with Crippen molar-refractivity contribution in [3.8, 4) is 17.1 Å².